The van der Waals surface area contributed by atoms with Gasteiger partial charge in [-0.3, -0.25) is 9.69 Å². The van der Waals surface area contributed by atoms with Crippen molar-refractivity contribution in [3.63, 3.8) is 0 Å². The van der Waals surface area contributed by atoms with Gasteiger partial charge in [0.25, 0.3) is 0 Å². The third-order valence-corrected chi connectivity index (χ3v) is 4.24. The largest absolute Gasteiger partial charge is 0.393 e. The van der Waals surface area contributed by atoms with Crippen molar-refractivity contribution in [3.8, 4) is 0 Å². The maximum atomic E-state index is 11.7. The van der Waals surface area contributed by atoms with Crippen LogP contribution in [-0.2, 0) is 11.3 Å². The first-order valence-electron chi connectivity index (χ1n) is 6.05. The number of hydrogen-bond donors (Lipinski definition) is 2. The van der Waals surface area contributed by atoms with E-state index < -0.39 is 0 Å². The zero-order valence-electron chi connectivity index (χ0n) is 10.1. The zero-order valence-corrected chi connectivity index (χ0v) is 11.6. The number of amides is 1. The first kappa shape index (κ1) is 13.8. The summed E-state index contributed by atoms with van der Waals surface area (Å²) in [6.45, 7) is 2.53. The van der Waals surface area contributed by atoms with E-state index in [1.165, 1.54) is 11.3 Å². The first-order valence-corrected chi connectivity index (χ1v) is 7.24. The molecule has 1 aromatic rings. The van der Waals surface area contributed by atoms with Gasteiger partial charge in [-0.15, -0.1) is 11.3 Å². The third kappa shape index (κ3) is 4.24. The molecular formula is C12H17ClN2O2S. The van der Waals surface area contributed by atoms with Gasteiger partial charge in [0.15, 0.2) is 0 Å². The van der Waals surface area contributed by atoms with Crippen LogP contribution in [0.3, 0.4) is 0 Å². The average molecular weight is 289 g/mol. The van der Waals surface area contributed by atoms with Crippen LogP contribution in [0.15, 0.2) is 12.1 Å². The zero-order chi connectivity index (χ0) is 13.0. The van der Waals surface area contributed by atoms with E-state index in [9.17, 15) is 9.90 Å². The van der Waals surface area contributed by atoms with E-state index in [0.717, 1.165) is 35.1 Å². The predicted molar refractivity (Wildman–Crippen MR) is 72.9 cm³/mol. The number of hydrogen-bond acceptors (Lipinski definition) is 4. The molecule has 1 aliphatic heterocycles. The van der Waals surface area contributed by atoms with Crippen molar-refractivity contribution in [1.82, 2.24) is 10.2 Å². The van der Waals surface area contributed by atoms with Crippen LogP contribution in [0.25, 0.3) is 0 Å². The molecule has 0 radical (unpaired) electrons. The van der Waals surface area contributed by atoms with Crippen molar-refractivity contribution < 1.29 is 9.90 Å². The first-order chi connectivity index (χ1) is 8.63. The Morgan fingerprint density at radius 2 is 2.22 bits per heavy atom. The van der Waals surface area contributed by atoms with Crippen LogP contribution in [-0.4, -0.2) is 41.7 Å². The van der Waals surface area contributed by atoms with Gasteiger partial charge in [0, 0.05) is 18.0 Å². The fourth-order valence-corrected chi connectivity index (χ4v) is 3.00. The Labute approximate surface area is 116 Å². The molecule has 4 nitrogen and oxygen atoms in total. The molecule has 1 saturated heterocycles. The summed E-state index contributed by atoms with van der Waals surface area (Å²) >= 11 is 7.30. The standard InChI is InChI=1S/C12H17ClN2O2S/c13-11-2-1-10(18-11)7-14-12(17)8-15-5-3-9(16)4-6-15/h1-2,9,16H,3-8H2,(H,14,17). The number of aliphatic hydroxyl groups excluding tert-OH is 1. The Balaban J connectivity index is 1.69. The summed E-state index contributed by atoms with van der Waals surface area (Å²) in [5.74, 6) is 0.0240. The fourth-order valence-electron chi connectivity index (χ4n) is 1.97. The molecule has 0 atom stereocenters. The van der Waals surface area contributed by atoms with E-state index >= 15 is 0 Å². The van der Waals surface area contributed by atoms with Gasteiger partial charge in [0.2, 0.25) is 5.91 Å². The van der Waals surface area contributed by atoms with E-state index in [4.69, 9.17) is 11.6 Å². The number of thiophene rings is 1. The highest BCUT2D eigenvalue weighted by Crippen LogP contribution is 2.20. The van der Waals surface area contributed by atoms with Gasteiger partial charge in [-0.25, -0.2) is 0 Å². The van der Waals surface area contributed by atoms with Gasteiger partial charge < -0.3 is 10.4 Å². The number of piperidine rings is 1. The number of aliphatic hydroxyl groups is 1. The molecule has 2 rings (SSSR count). The average Bonchev–Trinajstić information content (AvgIpc) is 2.76. The second kappa shape index (κ2) is 6.52. The van der Waals surface area contributed by atoms with Crippen molar-refractivity contribution in [2.75, 3.05) is 19.6 Å². The number of halogens is 1. The topological polar surface area (TPSA) is 52.6 Å². The van der Waals surface area contributed by atoms with Gasteiger partial charge >= 0.3 is 0 Å². The van der Waals surface area contributed by atoms with E-state index in [-0.39, 0.29) is 12.0 Å². The molecule has 0 aliphatic carbocycles. The summed E-state index contributed by atoms with van der Waals surface area (Å²) in [5.41, 5.74) is 0. The lowest BCUT2D eigenvalue weighted by molar-refractivity contribution is -0.122. The highest BCUT2D eigenvalue weighted by molar-refractivity contribution is 7.16. The highest BCUT2D eigenvalue weighted by atomic mass is 35.5. The Morgan fingerprint density at radius 1 is 1.50 bits per heavy atom. The van der Waals surface area contributed by atoms with Crippen LogP contribution < -0.4 is 5.32 Å². The molecule has 1 aliphatic rings. The minimum Gasteiger partial charge on any atom is -0.393 e. The van der Waals surface area contributed by atoms with Crippen LogP contribution in [0.5, 0.6) is 0 Å². The maximum absolute atomic E-state index is 11.7. The van der Waals surface area contributed by atoms with E-state index in [1.807, 2.05) is 12.1 Å². The Bertz CT molecular complexity index is 403. The molecular weight excluding hydrogens is 272 g/mol. The monoisotopic (exact) mass is 288 g/mol. The summed E-state index contributed by atoms with van der Waals surface area (Å²) in [4.78, 5) is 14.9. The number of nitrogens with zero attached hydrogens (tertiary/aromatic N) is 1. The van der Waals surface area contributed by atoms with E-state index in [1.54, 1.807) is 0 Å². The molecule has 1 amide bonds. The molecule has 0 bridgehead atoms. The van der Waals surface area contributed by atoms with Gasteiger partial charge in [-0.2, -0.15) is 0 Å². The molecule has 2 heterocycles. The number of carbonyl (C=O) groups is 1. The molecule has 2 N–H and O–H groups in total. The Morgan fingerprint density at radius 3 is 2.83 bits per heavy atom. The normalized spacial score (nSPS) is 17.9. The summed E-state index contributed by atoms with van der Waals surface area (Å²) < 4.78 is 0.740. The van der Waals surface area contributed by atoms with Crippen molar-refractivity contribution in [2.45, 2.75) is 25.5 Å². The van der Waals surface area contributed by atoms with Crippen LogP contribution in [0.2, 0.25) is 4.34 Å². The molecule has 0 aromatic carbocycles. The van der Waals surface area contributed by atoms with Crippen molar-refractivity contribution in [3.05, 3.63) is 21.3 Å². The molecule has 100 valence electrons. The molecule has 18 heavy (non-hydrogen) atoms. The summed E-state index contributed by atoms with van der Waals surface area (Å²) in [6.07, 6.45) is 1.32. The van der Waals surface area contributed by atoms with Crippen LogP contribution in [0, 0.1) is 0 Å². The lowest BCUT2D eigenvalue weighted by atomic mass is 10.1. The number of carbonyl (C=O) groups excluding carboxylic acids is 1. The predicted octanol–water partition coefficient (Wildman–Crippen LogP) is 1.47. The van der Waals surface area contributed by atoms with Crippen LogP contribution in [0.1, 0.15) is 17.7 Å². The number of nitrogens with one attached hydrogen (secondary N) is 1. The molecule has 0 unspecified atom stereocenters. The van der Waals surface area contributed by atoms with Gasteiger partial charge in [-0.05, 0) is 25.0 Å². The summed E-state index contributed by atoms with van der Waals surface area (Å²) in [5, 5.41) is 12.3. The quantitative estimate of drug-likeness (QED) is 0.882. The minimum absolute atomic E-state index is 0.0240. The highest BCUT2D eigenvalue weighted by Gasteiger charge is 2.18. The number of likely N-dealkylation sites (tertiary alicyclic amines) is 1. The molecule has 0 spiro atoms. The van der Waals surface area contributed by atoms with E-state index in [0.29, 0.717) is 13.1 Å². The maximum Gasteiger partial charge on any atom is 0.234 e. The second-order valence-corrected chi connectivity index (χ2v) is 6.29. The van der Waals surface area contributed by atoms with Gasteiger partial charge in [-0.1, -0.05) is 11.6 Å². The van der Waals surface area contributed by atoms with Gasteiger partial charge in [0.1, 0.15) is 0 Å². The summed E-state index contributed by atoms with van der Waals surface area (Å²) in [6, 6.07) is 3.75. The Hall–Kier alpha value is -0.620. The molecule has 1 fully saturated rings. The van der Waals surface area contributed by atoms with Crippen molar-refractivity contribution in [1.29, 1.82) is 0 Å². The van der Waals surface area contributed by atoms with E-state index in [2.05, 4.69) is 10.2 Å². The number of rotatable bonds is 4. The fraction of sp³-hybridized carbons (Fsp3) is 0.583. The molecule has 1 aromatic heterocycles. The smallest absolute Gasteiger partial charge is 0.234 e. The van der Waals surface area contributed by atoms with Crippen LogP contribution in [0.4, 0.5) is 0 Å². The molecule has 0 saturated carbocycles. The second-order valence-electron chi connectivity index (χ2n) is 4.49. The van der Waals surface area contributed by atoms with Crippen LogP contribution >= 0.6 is 22.9 Å². The van der Waals surface area contributed by atoms with Crippen molar-refractivity contribution >= 4 is 28.8 Å². The third-order valence-electron chi connectivity index (χ3n) is 3.01. The SMILES string of the molecule is O=C(CN1CCC(O)CC1)NCc1ccc(Cl)s1. The summed E-state index contributed by atoms with van der Waals surface area (Å²) in [7, 11) is 0. The van der Waals surface area contributed by atoms with Crippen molar-refractivity contribution in [2.24, 2.45) is 0 Å². The van der Waals surface area contributed by atoms with Gasteiger partial charge in [0.05, 0.1) is 23.5 Å². The molecule has 6 heteroatoms. The minimum atomic E-state index is -0.197. The Kier molecular flexibility index (Phi) is 5.00. The lowest BCUT2D eigenvalue weighted by Gasteiger charge is -2.28. The lowest BCUT2D eigenvalue weighted by Crippen LogP contribution is -2.42.